The molecule has 1 heterocycles. The maximum Gasteiger partial charge on any atom is 0.395 e. The summed E-state index contributed by atoms with van der Waals surface area (Å²) in [5, 5.41) is 3.20. The molecule has 120 valence electrons. The van der Waals surface area contributed by atoms with E-state index in [1.165, 1.54) is 11.3 Å². The normalized spacial score (nSPS) is 12.8. The van der Waals surface area contributed by atoms with E-state index in [4.69, 9.17) is 0 Å². The highest BCUT2D eigenvalue weighted by molar-refractivity contribution is 7.13. The van der Waals surface area contributed by atoms with Crippen LogP contribution in [0.25, 0.3) is 0 Å². The van der Waals surface area contributed by atoms with Gasteiger partial charge in [-0.05, 0) is 26.7 Å². The summed E-state index contributed by atoms with van der Waals surface area (Å²) in [4.78, 5) is 16.7. The van der Waals surface area contributed by atoms with Crippen LogP contribution < -0.4 is 5.32 Å². The summed E-state index contributed by atoms with van der Waals surface area (Å²) in [6, 6.07) is 0. The molecule has 1 amide bonds. The summed E-state index contributed by atoms with van der Waals surface area (Å²) in [6.45, 7) is 7.47. The number of hydrogen-bond acceptors (Lipinski definition) is 3. The van der Waals surface area contributed by atoms with Gasteiger partial charge in [-0.3, -0.25) is 4.79 Å². The molecule has 0 aliphatic carbocycles. The van der Waals surface area contributed by atoms with Gasteiger partial charge in [0.05, 0.1) is 16.1 Å². The molecule has 0 aliphatic rings. The number of amides is 1. The Labute approximate surface area is 127 Å². The van der Waals surface area contributed by atoms with Crippen LogP contribution in [0.15, 0.2) is 0 Å². The van der Waals surface area contributed by atoms with Gasteiger partial charge in [0.25, 0.3) is 5.91 Å². The van der Waals surface area contributed by atoms with Crippen LogP contribution in [-0.2, 0) is 6.42 Å². The van der Waals surface area contributed by atoms with Crippen molar-refractivity contribution in [3.8, 4) is 0 Å². The molecule has 3 nitrogen and oxygen atoms in total. The molecule has 21 heavy (non-hydrogen) atoms. The number of carbonyl (C=O) groups is 1. The van der Waals surface area contributed by atoms with Gasteiger partial charge in [-0.2, -0.15) is 13.2 Å². The highest BCUT2D eigenvalue weighted by Gasteiger charge is 2.47. The fourth-order valence-electron chi connectivity index (χ4n) is 1.58. The van der Waals surface area contributed by atoms with Crippen molar-refractivity contribution in [1.82, 2.24) is 10.3 Å². The van der Waals surface area contributed by atoms with Crippen LogP contribution in [-0.4, -0.2) is 23.6 Å². The molecule has 0 atom stereocenters. The molecule has 0 aromatic carbocycles. The summed E-state index contributed by atoms with van der Waals surface area (Å²) >= 11 is 1.25. The van der Waals surface area contributed by atoms with E-state index < -0.39 is 24.0 Å². The van der Waals surface area contributed by atoms with Crippen molar-refractivity contribution < 1.29 is 18.0 Å². The zero-order valence-corrected chi connectivity index (χ0v) is 13.7. The lowest BCUT2D eigenvalue weighted by atomic mass is 9.93. The van der Waals surface area contributed by atoms with E-state index >= 15 is 0 Å². The van der Waals surface area contributed by atoms with E-state index in [9.17, 15) is 18.0 Å². The monoisotopic (exact) mass is 322 g/mol. The second kappa shape index (κ2) is 6.34. The zero-order valence-electron chi connectivity index (χ0n) is 12.9. The van der Waals surface area contributed by atoms with Gasteiger partial charge in [-0.25, -0.2) is 4.98 Å². The number of halogens is 3. The predicted molar refractivity (Wildman–Crippen MR) is 77.6 cm³/mol. The zero-order chi connectivity index (χ0) is 16.4. The van der Waals surface area contributed by atoms with Crippen molar-refractivity contribution in [1.29, 1.82) is 0 Å². The van der Waals surface area contributed by atoms with Crippen LogP contribution in [0, 0.1) is 18.3 Å². The van der Waals surface area contributed by atoms with E-state index in [1.807, 2.05) is 13.8 Å². The summed E-state index contributed by atoms with van der Waals surface area (Å²) < 4.78 is 38.3. The Morgan fingerprint density at radius 3 is 2.38 bits per heavy atom. The quantitative estimate of drug-likeness (QED) is 0.891. The summed E-state index contributed by atoms with van der Waals surface area (Å²) in [6.07, 6.45) is -3.60. The van der Waals surface area contributed by atoms with E-state index in [1.54, 1.807) is 6.92 Å². The first-order chi connectivity index (χ1) is 9.44. The molecule has 1 aromatic heterocycles. The summed E-state index contributed by atoms with van der Waals surface area (Å²) in [5.74, 6) is -0.0760. The molecule has 1 N–H and O–H groups in total. The number of aryl methyl sites for hydroxylation is 1. The fraction of sp³-hybridized carbons (Fsp3) is 0.714. The Morgan fingerprint density at radius 1 is 1.33 bits per heavy atom. The van der Waals surface area contributed by atoms with Gasteiger partial charge in [0.15, 0.2) is 0 Å². The minimum absolute atomic E-state index is 0.392. The van der Waals surface area contributed by atoms with Gasteiger partial charge < -0.3 is 5.32 Å². The van der Waals surface area contributed by atoms with Gasteiger partial charge in [-0.1, -0.05) is 13.8 Å². The van der Waals surface area contributed by atoms with Gasteiger partial charge in [0.2, 0.25) is 0 Å². The standard InChI is InChI=1S/C14H21F3N2OS/c1-8(2)6-10-19-9(3)11(21-10)12(20)18-7-13(4,5)14(15,16)17/h8H,6-7H2,1-5H3,(H,18,20). The average Bonchev–Trinajstić information content (AvgIpc) is 2.64. The third-order valence-electron chi connectivity index (χ3n) is 3.09. The van der Waals surface area contributed by atoms with Crippen LogP contribution in [0.3, 0.4) is 0 Å². The summed E-state index contributed by atoms with van der Waals surface area (Å²) in [5.41, 5.74) is -1.39. The highest BCUT2D eigenvalue weighted by atomic mass is 32.1. The Kier molecular flexibility index (Phi) is 5.41. The first kappa shape index (κ1) is 17.9. The Morgan fingerprint density at radius 2 is 1.90 bits per heavy atom. The molecule has 0 saturated carbocycles. The molecule has 0 unspecified atom stereocenters. The van der Waals surface area contributed by atoms with Gasteiger partial charge in [-0.15, -0.1) is 11.3 Å². The third-order valence-corrected chi connectivity index (χ3v) is 4.27. The predicted octanol–water partition coefficient (Wildman–Crippen LogP) is 3.97. The molecule has 0 fully saturated rings. The lowest BCUT2D eigenvalue weighted by molar-refractivity contribution is -0.208. The van der Waals surface area contributed by atoms with Crippen molar-refractivity contribution in [2.75, 3.05) is 6.54 Å². The second-order valence-corrected chi connectivity index (χ2v) is 7.27. The maximum absolute atomic E-state index is 12.8. The Hall–Kier alpha value is -1.11. The van der Waals surface area contributed by atoms with Crippen LogP contribution in [0.1, 0.15) is 48.1 Å². The topological polar surface area (TPSA) is 42.0 Å². The van der Waals surface area contributed by atoms with Crippen LogP contribution in [0.4, 0.5) is 13.2 Å². The molecule has 0 spiro atoms. The number of aromatic nitrogens is 1. The van der Waals surface area contributed by atoms with Gasteiger partial charge in [0, 0.05) is 13.0 Å². The van der Waals surface area contributed by atoms with E-state index in [0.29, 0.717) is 16.5 Å². The Balaban J connectivity index is 2.75. The highest BCUT2D eigenvalue weighted by Crippen LogP contribution is 2.36. The lowest BCUT2D eigenvalue weighted by Gasteiger charge is -2.27. The number of alkyl halides is 3. The molecular weight excluding hydrogens is 301 g/mol. The second-order valence-electron chi connectivity index (χ2n) is 6.18. The van der Waals surface area contributed by atoms with E-state index in [2.05, 4.69) is 10.3 Å². The number of nitrogens with zero attached hydrogens (tertiary/aromatic N) is 1. The molecular formula is C14H21F3N2OS. The van der Waals surface area contributed by atoms with Crippen LogP contribution >= 0.6 is 11.3 Å². The number of nitrogens with one attached hydrogen (secondary N) is 1. The lowest BCUT2D eigenvalue weighted by Crippen LogP contribution is -2.43. The number of rotatable bonds is 5. The molecule has 0 bridgehead atoms. The van der Waals surface area contributed by atoms with Crippen molar-refractivity contribution in [3.63, 3.8) is 0 Å². The van der Waals surface area contributed by atoms with Gasteiger partial charge in [0.1, 0.15) is 4.88 Å². The van der Waals surface area contributed by atoms with Crippen molar-refractivity contribution in [2.24, 2.45) is 11.3 Å². The van der Waals surface area contributed by atoms with E-state index in [-0.39, 0.29) is 0 Å². The summed E-state index contributed by atoms with van der Waals surface area (Å²) in [7, 11) is 0. The van der Waals surface area contributed by atoms with Crippen molar-refractivity contribution >= 4 is 17.2 Å². The number of hydrogen-bond donors (Lipinski definition) is 1. The van der Waals surface area contributed by atoms with Crippen LogP contribution in [0.2, 0.25) is 0 Å². The minimum Gasteiger partial charge on any atom is -0.350 e. The van der Waals surface area contributed by atoms with Gasteiger partial charge >= 0.3 is 6.18 Å². The van der Waals surface area contributed by atoms with E-state index in [0.717, 1.165) is 25.3 Å². The Bertz CT molecular complexity index is 507. The molecule has 0 radical (unpaired) electrons. The molecule has 7 heteroatoms. The first-order valence-electron chi connectivity index (χ1n) is 6.75. The smallest absolute Gasteiger partial charge is 0.350 e. The average molecular weight is 322 g/mol. The first-order valence-corrected chi connectivity index (χ1v) is 7.57. The number of carbonyl (C=O) groups excluding carboxylic acids is 1. The molecule has 1 aromatic rings. The number of thiazole rings is 1. The minimum atomic E-state index is -4.36. The SMILES string of the molecule is Cc1nc(CC(C)C)sc1C(=O)NCC(C)(C)C(F)(F)F. The molecule has 0 aliphatic heterocycles. The largest absolute Gasteiger partial charge is 0.395 e. The van der Waals surface area contributed by atoms with Crippen molar-refractivity contribution in [2.45, 2.75) is 47.2 Å². The fourth-order valence-corrected chi connectivity index (χ4v) is 2.77. The third kappa shape index (κ3) is 4.69. The van der Waals surface area contributed by atoms with Crippen LogP contribution in [0.5, 0.6) is 0 Å². The molecule has 0 saturated heterocycles. The molecule has 1 rings (SSSR count). The van der Waals surface area contributed by atoms with Crippen molar-refractivity contribution in [3.05, 3.63) is 15.6 Å². The maximum atomic E-state index is 12.8.